The van der Waals surface area contributed by atoms with Crippen LogP contribution in [0.25, 0.3) is 5.82 Å². The van der Waals surface area contributed by atoms with Crippen molar-refractivity contribution in [2.45, 2.75) is 20.3 Å². The highest BCUT2D eigenvalue weighted by molar-refractivity contribution is 6.33. The van der Waals surface area contributed by atoms with Crippen molar-refractivity contribution in [1.82, 2.24) is 14.8 Å². The molecule has 0 spiro atoms. The third-order valence-electron chi connectivity index (χ3n) is 3.79. The van der Waals surface area contributed by atoms with E-state index in [1.54, 1.807) is 16.8 Å². The molecule has 3 aromatic rings. The highest BCUT2D eigenvalue weighted by Crippen LogP contribution is 2.18. The fourth-order valence-corrected chi connectivity index (χ4v) is 2.74. The van der Waals surface area contributed by atoms with Gasteiger partial charge in [0, 0.05) is 12.1 Å². The summed E-state index contributed by atoms with van der Waals surface area (Å²) >= 11 is 6.13. The minimum Gasteiger partial charge on any atom is -0.493 e. The summed E-state index contributed by atoms with van der Waals surface area (Å²) in [7, 11) is 0. The summed E-state index contributed by atoms with van der Waals surface area (Å²) < 4.78 is 12.5. The van der Waals surface area contributed by atoms with Crippen molar-refractivity contribution < 1.29 is 14.3 Å². The number of carbonyl (C=O) groups is 1. The average Bonchev–Trinajstić information content (AvgIpc) is 3.00. The molecule has 0 radical (unpaired) electrons. The molecule has 7 heteroatoms. The zero-order valence-corrected chi connectivity index (χ0v) is 15.9. The predicted molar refractivity (Wildman–Crippen MR) is 103 cm³/mol. The van der Waals surface area contributed by atoms with E-state index in [-0.39, 0.29) is 17.3 Å². The Kier molecular flexibility index (Phi) is 6.08. The normalized spacial score (nSPS) is 10.6. The number of pyridine rings is 1. The Morgan fingerprint density at radius 1 is 1.11 bits per heavy atom. The van der Waals surface area contributed by atoms with Crippen LogP contribution in [0.2, 0.25) is 5.02 Å². The number of aromatic nitrogens is 3. The predicted octanol–water partition coefficient (Wildman–Crippen LogP) is 4.16. The Morgan fingerprint density at radius 2 is 1.89 bits per heavy atom. The number of rotatable bonds is 7. The van der Waals surface area contributed by atoms with Crippen LogP contribution >= 0.6 is 11.6 Å². The van der Waals surface area contributed by atoms with Crippen molar-refractivity contribution in [3.8, 4) is 11.6 Å². The Bertz CT molecular complexity index is 925. The third kappa shape index (κ3) is 4.86. The van der Waals surface area contributed by atoms with Gasteiger partial charge in [-0.1, -0.05) is 29.8 Å². The van der Waals surface area contributed by atoms with E-state index in [1.165, 1.54) is 0 Å². The first-order chi connectivity index (χ1) is 13.0. The van der Waals surface area contributed by atoms with Crippen molar-refractivity contribution in [1.29, 1.82) is 0 Å². The van der Waals surface area contributed by atoms with Crippen LogP contribution in [0.3, 0.4) is 0 Å². The zero-order valence-electron chi connectivity index (χ0n) is 15.2. The van der Waals surface area contributed by atoms with Crippen molar-refractivity contribution in [3.05, 3.63) is 70.6 Å². The molecule has 0 amide bonds. The molecule has 0 saturated heterocycles. The van der Waals surface area contributed by atoms with Crippen molar-refractivity contribution in [2.24, 2.45) is 0 Å². The molecule has 0 bridgehead atoms. The molecule has 3 rings (SSSR count). The fraction of sp³-hybridized carbons (Fsp3) is 0.250. The second-order valence-electron chi connectivity index (χ2n) is 5.99. The van der Waals surface area contributed by atoms with Gasteiger partial charge in [-0.2, -0.15) is 5.10 Å². The monoisotopic (exact) mass is 385 g/mol. The Labute approximate surface area is 162 Å². The van der Waals surface area contributed by atoms with Gasteiger partial charge in [-0.25, -0.2) is 14.5 Å². The van der Waals surface area contributed by atoms with Crippen LogP contribution < -0.4 is 4.74 Å². The highest BCUT2D eigenvalue weighted by Gasteiger charge is 2.16. The Hall–Kier alpha value is -2.86. The zero-order chi connectivity index (χ0) is 19.2. The third-order valence-corrected chi connectivity index (χ3v) is 4.09. The molecule has 2 aromatic heterocycles. The standard InChI is InChI=1S/C20H20ClN3O3/c1-14-13-15(2)24(23-14)18-10-9-17(21)19(22-18)20(25)27-12-6-11-26-16-7-4-3-5-8-16/h3-5,7-10,13H,6,11-12H2,1-2H3. The van der Waals surface area contributed by atoms with Crippen LogP contribution in [0.5, 0.6) is 5.75 Å². The summed E-state index contributed by atoms with van der Waals surface area (Å²) in [4.78, 5) is 16.7. The van der Waals surface area contributed by atoms with E-state index in [2.05, 4.69) is 10.1 Å². The van der Waals surface area contributed by atoms with Crippen LogP contribution in [0.1, 0.15) is 28.3 Å². The maximum absolute atomic E-state index is 12.3. The van der Waals surface area contributed by atoms with Gasteiger partial charge < -0.3 is 9.47 Å². The number of halogens is 1. The molecular weight excluding hydrogens is 366 g/mol. The molecule has 0 aliphatic rings. The van der Waals surface area contributed by atoms with E-state index in [1.807, 2.05) is 50.2 Å². The first-order valence-corrected chi connectivity index (χ1v) is 8.97. The molecule has 0 saturated carbocycles. The second-order valence-corrected chi connectivity index (χ2v) is 6.40. The number of hydrogen-bond acceptors (Lipinski definition) is 5. The van der Waals surface area contributed by atoms with Gasteiger partial charge in [0.15, 0.2) is 11.5 Å². The summed E-state index contributed by atoms with van der Waals surface area (Å²) in [5.41, 5.74) is 1.86. The van der Waals surface area contributed by atoms with Crippen molar-refractivity contribution in [3.63, 3.8) is 0 Å². The lowest BCUT2D eigenvalue weighted by Crippen LogP contribution is -2.13. The van der Waals surface area contributed by atoms with Crippen LogP contribution in [0, 0.1) is 13.8 Å². The Balaban J connectivity index is 1.58. The van der Waals surface area contributed by atoms with E-state index in [0.29, 0.717) is 18.8 Å². The van der Waals surface area contributed by atoms with Gasteiger partial charge in [0.2, 0.25) is 0 Å². The fourth-order valence-electron chi connectivity index (χ4n) is 2.55. The smallest absolute Gasteiger partial charge is 0.358 e. The minimum absolute atomic E-state index is 0.0747. The maximum atomic E-state index is 12.3. The molecule has 2 heterocycles. The molecule has 1 aromatic carbocycles. The average molecular weight is 386 g/mol. The van der Waals surface area contributed by atoms with E-state index in [9.17, 15) is 4.79 Å². The van der Waals surface area contributed by atoms with Gasteiger partial charge >= 0.3 is 5.97 Å². The number of aryl methyl sites for hydroxylation is 2. The summed E-state index contributed by atoms with van der Waals surface area (Å²) in [6, 6.07) is 14.7. The van der Waals surface area contributed by atoms with Crippen LogP contribution in [-0.4, -0.2) is 33.9 Å². The topological polar surface area (TPSA) is 66.2 Å². The van der Waals surface area contributed by atoms with Gasteiger partial charge in [-0.3, -0.25) is 0 Å². The van der Waals surface area contributed by atoms with Gasteiger partial charge in [-0.05, 0) is 44.2 Å². The lowest BCUT2D eigenvalue weighted by molar-refractivity contribution is 0.0479. The maximum Gasteiger partial charge on any atom is 0.358 e. The quantitative estimate of drug-likeness (QED) is 0.451. The summed E-state index contributed by atoms with van der Waals surface area (Å²) in [6.45, 7) is 4.48. The second kappa shape index (κ2) is 8.68. The number of carbonyl (C=O) groups excluding carboxylic acids is 1. The number of nitrogens with zero attached hydrogens (tertiary/aromatic N) is 3. The SMILES string of the molecule is Cc1cc(C)n(-c2ccc(Cl)c(C(=O)OCCCOc3ccccc3)n2)n1. The lowest BCUT2D eigenvalue weighted by atomic mass is 10.3. The molecule has 0 aliphatic carbocycles. The molecule has 27 heavy (non-hydrogen) atoms. The molecule has 0 unspecified atom stereocenters. The van der Waals surface area contributed by atoms with Crippen LogP contribution in [0.4, 0.5) is 0 Å². The number of hydrogen-bond donors (Lipinski definition) is 0. The molecule has 0 fully saturated rings. The molecular formula is C20H20ClN3O3. The highest BCUT2D eigenvalue weighted by atomic mass is 35.5. The van der Waals surface area contributed by atoms with Crippen molar-refractivity contribution >= 4 is 17.6 Å². The first-order valence-electron chi connectivity index (χ1n) is 8.60. The molecule has 0 aliphatic heterocycles. The number of benzene rings is 1. The van der Waals surface area contributed by atoms with E-state index in [0.717, 1.165) is 17.1 Å². The van der Waals surface area contributed by atoms with Gasteiger partial charge in [0.25, 0.3) is 0 Å². The summed E-state index contributed by atoms with van der Waals surface area (Å²) in [5.74, 6) is 0.735. The largest absolute Gasteiger partial charge is 0.493 e. The minimum atomic E-state index is -0.567. The number of ether oxygens (including phenoxy) is 2. The van der Waals surface area contributed by atoms with E-state index < -0.39 is 5.97 Å². The lowest BCUT2D eigenvalue weighted by Gasteiger charge is -2.09. The molecule has 0 atom stereocenters. The van der Waals surface area contributed by atoms with Crippen molar-refractivity contribution in [2.75, 3.05) is 13.2 Å². The van der Waals surface area contributed by atoms with Gasteiger partial charge in [-0.15, -0.1) is 0 Å². The summed E-state index contributed by atoms with van der Waals surface area (Å²) in [5, 5.41) is 4.61. The molecule has 140 valence electrons. The molecule has 0 N–H and O–H groups in total. The number of para-hydroxylation sites is 1. The van der Waals surface area contributed by atoms with Crippen LogP contribution in [-0.2, 0) is 4.74 Å². The van der Waals surface area contributed by atoms with E-state index >= 15 is 0 Å². The summed E-state index contributed by atoms with van der Waals surface area (Å²) in [6.07, 6.45) is 0.565. The van der Waals surface area contributed by atoms with E-state index in [4.69, 9.17) is 21.1 Å². The first kappa shape index (κ1) is 18.9. The van der Waals surface area contributed by atoms with Crippen LogP contribution in [0.15, 0.2) is 48.5 Å². The van der Waals surface area contributed by atoms with Gasteiger partial charge in [0.05, 0.1) is 23.9 Å². The van der Waals surface area contributed by atoms with Gasteiger partial charge in [0.1, 0.15) is 5.75 Å². The molecule has 6 nitrogen and oxygen atoms in total. The Morgan fingerprint density at radius 3 is 2.59 bits per heavy atom. The number of esters is 1.